The standard InChI is InChI=1S/C22H20Cl2N2O5S/c1-30-20-9-5-6-10-21(20)31-19-12-11-15(23)13-17(19)25-22(27)14-26(32(2,28)29)18-8-4-3-7-16(18)24/h3-13H,14H2,1-2H3,(H,25,27). The second-order valence-electron chi connectivity index (χ2n) is 6.66. The molecule has 0 atom stereocenters. The Morgan fingerprint density at radius 1 is 0.969 bits per heavy atom. The summed E-state index contributed by atoms with van der Waals surface area (Å²) in [5.41, 5.74) is 0.462. The Hall–Kier alpha value is -2.94. The van der Waals surface area contributed by atoms with Gasteiger partial charge < -0.3 is 14.8 Å². The van der Waals surface area contributed by atoms with E-state index in [-0.39, 0.29) is 16.4 Å². The molecule has 3 aromatic rings. The predicted molar refractivity (Wildman–Crippen MR) is 127 cm³/mol. The lowest BCUT2D eigenvalue weighted by Gasteiger charge is -2.23. The van der Waals surface area contributed by atoms with Gasteiger partial charge in [0, 0.05) is 5.02 Å². The second-order valence-corrected chi connectivity index (χ2v) is 9.41. The summed E-state index contributed by atoms with van der Waals surface area (Å²) in [5, 5.41) is 3.22. The molecule has 0 fully saturated rings. The van der Waals surface area contributed by atoms with Crippen molar-refractivity contribution in [3.63, 3.8) is 0 Å². The van der Waals surface area contributed by atoms with E-state index in [1.807, 2.05) is 0 Å². The topological polar surface area (TPSA) is 84.9 Å². The lowest BCUT2D eigenvalue weighted by molar-refractivity contribution is -0.114. The van der Waals surface area contributed by atoms with E-state index in [4.69, 9.17) is 32.7 Å². The van der Waals surface area contributed by atoms with E-state index in [2.05, 4.69) is 5.32 Å². The molecule has 10 heteroatoms. The molecule has 168 valence electrons. The SMILES string of the molecule is COc1ccccc1Oc1ccc(Cl)cc1NC(=O)CN(c1ccccc1Cl)S(C)(=O)=O. The van der Waals surface area contributed by atoms with Gasteiger partial charge in [-0.3, -0.25) is 9.10 Å². The smallest absolute Gasteiger partial charge is 0.245 e. The van der Waals surface area contributed by atoms with Gasteiger partial charge in [-0.25, -0.2) is 8.42 Å². The summed E-state index contributed by atoms with van der Waals surface area (Å²) in [4.78, 5) is 12.8. The molecule has 0 aliphatic rings. The number of nitrogens with one attached hydrogen (secondary N) is 1. The summed E-state index contributed by atoms with van der Waals surface area (Å²) in [6, 6.07) is 18.1. The molecule has 0 unspecified atom stereocenters. The number of hydrogen-bond acceptors (Lipinski definition) is 5. The lowest BCUT2D eigenvalue weighted by Crippen LogP contribution is -2.37. The fourth-order valence-corrected chi connectivity index (χ4v) is 4.19. The van der Waals surface area contributed by atoms with E-state index in [1.54, 1.807) is 54.6 Å². The molecule has 0 aromatic heterocycles. The van der Waals surface area contributed by atoms with Crippen LogP contribution in [0.25, 0.3) is 0 Å². The number of benzene rings is 3. The van der Waals surface area contributed by atoms with Crippen LogP contribution in [0.5, 0.6) is 17.2 Å². The molecular formula is C22H20Cl2N2O5S. The molecule has 1 N–H and O–H groups in total. The summed E-state index contributed by atoms with van der Waals surface area (Å²) in [6.45, 7) is -0.497. The van der Waals surface area contributed by atoms with Crippen LogP contribution in [0.2, 0.25) is 10.0 Å². The highest BCUT2D eigenvalue weighted by Gasteiger charge is 2.23. The molecule has 1 amide bonds. The van der Waals surface area contributed by atoms with E-state index >= 15 is 0 Å². The summed E-state index contributed by atoms with van der Waals surface area (Å²) in [6.07, 6.45) is 0.999. The number of amides is 1. The molecule has 0 bridgehead atoms. The number of para-hydroxylation sites is 3. The number of anilines is 2. The van der Waals surface area contributed by atoms with Crippen molar-refractivity contribution < 1.29 is 22.7 Å². The fourth-order valence-electron chi connectivity index (χ4n) is 2.87. The zero-order valence-corrected chi connectivity index (χ0v) is 19.5. The quantitative estimate of drug-likeness (QED) is 0.465. The molecule has 3 aromatic carbocycles. The van der Waals surface area contributed by atoms with Crippen molar-refractivity contribution in [1.29, 1.82) is 0 Å². The van der Waals surface area contributed by atoms with Crippen LogP contribution >= 0.6 is 23.2 Å². The molecule has 3 rings (SSSR count). The summed E-state index contributed by atoms with van der Waals surface area (Å²) in [7, 11) is -2.27. The van der Waals surface area contributed by atoms with Gasteiger partial charge in [0.25, 0.3) is 0 Å². The number of hydrogen-bond donors (Lipinski definition) is 1. The number of sulfonamides is 1. The maximum absolute atomic E-state index is 12.8. The number of carbonyl (C=O) groups is 1. The Bertz CT molecular complexity index is 1230. The zero-order chi connectivity index (χ0) is 23.3. The third-order valence-electron chi connectivity index (χ3n) is 4.31. The Morgan fingerprint density at radius 3 is 2.28 bits per heavy atom. The number of nitrogens with zero attached hydrogens (tertiary/aromatic N) is 1. The Kier molecular flexibility index (Phi) is 7.50. The molecule has 0 saturated heterocycles. The van der Waals surface area contributed by atoms with E-state index < -0.39 is 22.5 Å². The van der Waals surface area contributed by atoms with Gasteiger partial charge in [-0.05, 0) is 42.5 Å². The Labute approximate surface area is 196 Å². The number of ether oxygens (including phenoxy) is 2. The molecule has 0 radical (unpaired) electrons. The van der Waals surface area contributed by atoms with Crippen LogP contribution in [0, 0.1) is 0 Å². The first kappa shape index (κ1) is 23.7. The van der Waals surface area contributed by atoms with Crippen LogP contribution in [0.1, 0.15) is 0 Å². The summed E-state index contributed by atoms with van der Waals surface area (Å²) >= 11 is 12.2. The van der Waals surface area contributed by atoms with Gasteiger partial charge in [-0.15, -0.1) is 0 Å². The van der Waals surface area contributed by atoms with Crippen molar-refractivity contribution in [2.45, 2.75) is 0 Å². The second kappa shape index (κ2) is 10.1. The van der Waals surface area contributed by atoms with Gasteiger partial charge in [0.1, 0.15) is 6.54 Å². The minimum absolute atomic E-state index is 0.198. The van der Waals surface area contributed by atoms with Crippen LogP contribution in [-0.2, 0) is 14.8 Å². The predicted octanol–water partition coefficient (Wildman–Crippen LogP) is 5.20. The Morgan fingerprint density at radius 2 is 1.62 bits per heavy atom. The van der Waals surface area contributed by atoms with Crippen LogP contribution < -0.4 is 19.1 Å². The van der Waals surface area contributed by atoms with E-state index in [0.29, 0.717) is 22.3 Å². The maximum atomic E-state index is 12.8. The molecule has 0 aliphatic carbocycles. The van der Waals surface area contributed by atoms with Crippen LogP contribution in [0.4, 0.5) is 11.4 Å². The first-order chi connectivity index (χ1) is 15.2. The van der Waals surface area contributed by atoms with Crippen molar-refractivity contribution in [2.24, 2.45) is 0 Å². The highest BCUT2D eigenvalue weighted by atomic mass is 35.5. The lowest BCUT2D eigenvalue weighted by atomic mass is 10.2. The highest BCUT2D eigenvalue weighted by molar-refractivity contribution is 7.92. The number of carbonyl (C=O) groups excluding carboxylic acids is 1. The van der Waals surface area contributed by atoms with Gasteiger partial charge >= 0.3 is 0 Å². The summed E-state index contributed by atoms with van der Waals surface area (Å²) in [5.74, 6) is 0.627. The third-order valence-corrected chi connectivity index (χ3v) is 5.99. The molecule has 0 spiro atoms. The minimum Gasteiger partial charge on any atom is -0.493 e. The molecule has 32 heavy (non-hydrogen) atoms. The van der Waals surface area contributed by atoms with E-state index in [1.165, 1.54) is 19.2 Å². The van der Waals surface area contributed by atoms with Crippen molar-refractivity contribution in [3.8, 4) is 17.2 Å². The number of halogens is 2. The van der Waals surface area contributed by atoms with Gasteiger partial charge in [0.15, 0.2) is 17.2 Å². The first-order valence-electron chi connectivity index (χ1n) is 9.31. The van der Waals surface area contributed by atoms with E-state index in [0.717, 1.165) is 10.6 Å². The molecule has 0 saturated carbocycles. The van der Waals surface area contributed by atoms with Crippen LogP contribution in [0.3, 0.4) is 0 Å². The van der Waals surface area contributed by atoms with Crippen LogP contribution in [-0.4, -0.2) is 34.2 Å². The van der Waals surface area contributed by atoms with Gasteiger partial charge in [0.05, 0.1) is 29.8 Å². The van der Waals surface area contributed by atoms with Gasteiger partial charge in [0.2, 0.25) is 15.9 Å². The van der Waals surface area contributed by atoms with Crippen molar-refractivity contribution in [1.82, 2.24) is 0 Å². The van der Waals surface area contributed by atoms with Crippen molar-refractivity contribution >= 4 is 50.5 Å². The minimum atomic E-state index is -3.79. The molecular weight excluding hydrogens is 475 g/mol. The number of rotatable bonds is 8. The van der Waals surface area contributed by atoms with Crippen molar-refractivity contribution in [3.05, 3.63) is 76.8 Å². The molecule has 0 aliphatic heterocycles. The molecule has 0 heterocycles. The van der Waals surface area contributed by atoms with Crippen LogP contribution in [0.15, 0.2) is 66.7 Å². The van der Waals surface area contributed by atoms with Gasteiger partial charge in [-0.1, -0.05) is 47.5 Å². The maximum Gasteiger partial charge on any atom is 0.245 e. The van der Waals surface area contributed by atoms with Gasteiger partial charge in [-0.2, -0.15) is 0 Å². The monoisotopic (exact) mass is 494 g/mol. The molecule has 7 nitrogen and oxygen atoms in total. The largest absolute Gasteiger partial charge is 0.493 e. The Balaban J connectivity index is 1.87. The summed E-state index contributed by atoms with van der Waals surface area (Å²) < 4.78 is 36.8. The normalized spacial score (nSPS) is 11.0. The highest BCUT2D eigenvalue weighted by Crippen LogP contribution is 2.36. The zero-order valence-electron chi connectivity index (χ0n) is 17.2. The average Bonchev–Trinajstić information content (AvgIpc) is 2.74. The van der Waals surface area contributed by atoms with E-state index in [9.17, 15) is 13.2 Å². The first-order valence-corrected chi connectivity index (χ1v) is 11.9. The number of methoxy groups -OCH3 is 1. The van der Waals surface area contributed by atoms with Crippen molar-refractivity contribution in [2.75, 3.05) is 29.5 Å². The third kappa shape index (κ3) is 5.85. The average molecular weight is 495 g/mol. The fraction of sp³-hybridized carbons (Fsp3) is 0.136.